The molecule has 2 N–H and O–H groups in total. The van der Waals surface area contributed by atoms with Crippen LogP contribution in [0.2, 0.25) is 0 Å². The van der Waals surface area contributed by atoms with Gasteiger partial charge in [0.1, 0.15) is 18.4 Å². The van der Waals surface area contributed by atoms with Gasteiger partial charge in [0.05, 0.1) is 0 Å². The lowest BCUT2D eigenvalue weighted by atomic mass is 10.2. The number of carbonyl (C=O) groups excluding carboxylic acids is 3. The van der Waals surface area contributed by atoms with Gasteiger partial charge in [-0.15, -0.1) is 0 Å². The third-order valence-electron chi connectivity index (χ3n) is 4.01. The highest BCUT2D eigenvalue weighted by atomic mass is 16.5. The molecule has 0 unspecified atom stereocenters. The summed E-state index contributed by atoms with van der Waals surface area (Å²) in [5, 5.41) is 5.26. The number of para-hydroxylation sites is 1. The van der Waals surface area contributed by atoms with E-state index in [2.05, 4.69) is 10.6 Å². The van der Waals surface area contributed by atoms with E-state index >= 15 is 0 Å². The second-order valence-electron chi connectivity index (χ2n) is 6.47. The fourth-order valence-electron chi connectivity index (χ4n) is 2.44. The number of amides is 2. The number of esters is 1. The van der Waals surface area contributed by atoms with Gasteiger partial charge in [-0.1, -0.05) is 48.5 Å². The van der Waals surface area contributed by atoms with Gasteiger partial charge in [-0.05, 0) is 37.5 Å². The van der Waals surface area contributed by atoms with E-state index in [1.165, 1.54) is 0 Å². The Bertz CT molecular complexity index is 780. The number of benzene rings is 2. The molecular formula is C22H26N2O5. The van der Waals surface area contributed by atoms with Crippen LogP contribution in [0.5, 0.6) is 5.75 Å². The van der Waals surface area contributed by atoms with Crippen LogP contribution in [0.1, 0.15) is 31.7 Å². The quantitative estimate of drug-likeness (QED) is 0.364. The molecule has 7 nitrogen and oxygen atoms in total. The van der Waals surface area contributed by atoms with Crippen molar-refractivity contribution in [1.82, 2.24) is 10.6 Å². The number of rotatable bonds is 10. The largest absolute Gasteiger partial charge is 0.445 e. The van der Waals surface area contributed by atoms with E-state index in [-0.39, 0.29) is 18.9 Å². The summed E-state index contributed by atoms with van der Waals surface area (Å²) in [7, 11) is 0. The Hall–Kier alpha value is -3.35. The molecule has 0 saturated heterocycles. The molecule has 2 aromatic carbocycles. The molecule has 0 aliphatic heterocycles. The molecule has 7 heteroatoms. The molecule has 0 spiro atoms. The summed E-state index contributed by atoms with van der Waals surface area (Å²) in [4.78, 5) is 35.5. The molecule has 29 heavy (non-hydrogen) atoms. The first-order valence-corrected chi connectivity index (χ1v) is 9.55. The van der Waals surface area contributed by atoms with Crippen molar-refractivity contribution in [3.8, 4) is 5.75 Å². The number of ether oxygens (including phenoxy) is 2. The third-order valence-corrected chi connectivity index (χ3v) is 4.01. The van der Waals surface area contributed by atoms with Crippen molar-refractivity contribution in [2.24, 2.45) is 0 Å². The third kappa shape index (κ3) is 8.92. The Morgan fingerprint density at radius 2 is 1.59 bits per heavy atom. The molecule has 0 saturated carbocycles. The molecule has 2 rings (SSSR count). The van der Waals surface area contributed by atoms with Crippen molar-refractivity contribution < 1.29 is 23.9 Å². The van der Waals surface area contributed by atoms with Gasteiger partial charge in [0.25, 0.3) is 0 Å². The van der Waals surface area contributed by atoms with Gasteiger partial charge < -0.3 is 20.1 Å². The molecule has 0 aliphatic carbocycles. The maximum atomic E-state index is 12.0. The van der Waals surface area contributed by atoms with Crippen LogP contribution in [-0.2, 0) is 20.9 Å². The predicted octanol–water partition coefficient (Wildman–Crippen LogP) is 3.19. The van der Waals surface area contributed by atoms with E-state index in [0.29, 0.717) is 25.1 Å². The minimum absolute atomic E-state index is 0.214. The lowest BCUT2D eigenvalue weighted by Crippen LogP contribution is -2.40. The summed E-state index contributed by atoms with van der Waals surface area (Å²) >= 11 is 0. The molecule has 0 aromatic heterocycles. The topological polar surface area (TPSA) is 93.7 Å². The normalized spacial score (nSPS) is 11.2. The zero-order valence-corrected chi connectivity index (χ0v) is 16.4. The molecule has 0 fully saturated rings. The van der Waals surface area contributed by atoms with Crippen molar-refractivity contribution in [2.75, 3.05) is 6.54 Å². The molecule has 2 aromatic rings. The summed E-state index contributed by atoms with van der Waals surface area (Å²) in [6.07, 6.45) is 0.960. The highest BCUT2D eigenvalue weighted by Gasteiger charge is 2.17. The lowest BCUT2D eigenvalue weighted by Gasteiger charge is -2.13. The van der Waals surface area contributed by atoms with Crippen molar-refractivity contribution in [3.05, 3.63) is 66.2 Å². The van der Waals surface area contributed by atoms with E-state index in [1.54, 1.807) is 31.2 Å². The molecule has 1 atom stereocenters. The van der Waals surface area contributed by atoms with Gasteiger partial charge in [0.2, 0.25) is 5.91 Å². The van der Waals surface area contributed by atoms with E-state index in [4.69, 9.17) is 9.47 Å². The Morgan fingerprint density at radius 1 is 0.931 bits per heavy atom. The minimum atomic E-state index is -0.742. The smallest absolute Gasteiger partial charge is 0.407 e. The summed E-state index contributed by atoms with van der Waals surface area (Å²) in [6, 6.07) is 17.4. The SMILES string of the molecule is C[C@H](NC(=O)CCCCNC(=O)OCc1ccccc1)C(=O)Oc1ccccc1. The molecule has 2 amide bonds. The van der Waals surface area contributed by atoms with Gasteiger partial charge >= 0.3 is 12.1 Å². The van der Waals surface area contributed by atoms with Crippen molar-refractivity contribution >= 4 is 18.0 Å². The number of hydrogen-bond acceptors (Lipinski definition) is 5. The summed E-state index contributed by atoms with van der Waals surface area (Å²) in [6.45, 7) is 2.20. The monoisotopic (exact) mass is 398 g/mol. The summed E-state index contributed by atoms with van der Waals surface area (Å²) < 4.78 is 10.3. The zero-order valence-electron chi connectivity index (χ0n) is 16.4. The maximum Gasteiger partial charge on any atom is 0.407 e. The molecule has 154 valence electrons. The van der Waals surface area contributed by atoms with Crippen LogP contribution in [0.25, 0.3) is 0 Å². The van der Waals surface area contributed by atoms with Crippen molar-refractivity contribution in [1.29, 1.82) is 0 Å². The van der Waals surface area contributed by atoms with Crippen LogP contribution in [-0.4, -0.2) is 30.6 Å². The minimum Gasteiger partial charge on any atom is -0.445 e. The summed E-state index contributed by atoms with van der Waals surface area (Å²) in [5.41, 5.74) is 0.916. The Morgan fingerprint density at radius 3 is 2.28 bits per heavy atom. The van der Waals surface area contributed by atoms with Crippen molar-refractivity contribution in [3.63, 3.8) is 0 Å². The standard InChI is InChI=1S/C22H26N2O5/c1-17(21(26)29-19-12-6-3-7-13-19)24-20(25)14-8-9-15-23-22(27)28-16-18-10-4-2-5-11-18/h2-7,10-13,17H,8-9,14-16H2,1H3,(H,23,27)(H,24,25)/t17-/m0/s1. The fraction of sp³-hybridized carbons (Fsp3) is 0.318. The highest BCUT2D eigenvalue weighted by molar-refractivity contribution is 5.85. The zero-order chi connectivity index (χ0) is 20.9. The van der Waals surface area contributed by atoms with Crippen LogP contribution in [0, 0.1) is 0 Å². The first-order chi connectivity index (χ1) is 14.0. The van der Waals surface area contributed by atoms with Crippen LogP contribution < -0.4 is 15.4 Å². The number of unbranched alkanes of at least 4 members (excludes halogenated alkanes) is 1. The maximum absolute atomic E-state index is 12.0. The van der Waals surface area contributed by atoms with Crippen LogP contribution in [0.15, 0.2) is 60.7 Å². The molecular weight excluding hydrogens is 372 g/mol. The average Bonchev–Trinajstić information content (AvgIpc) is 2.73. The highest BCUT2D eigenvalue weighted by Crippen LogP contribution is 2.09. The van der Waals surface area contributed by atoms with Crippen LogP contribution in [0.3, 0.4) is 0 Å². The molecule has 0 aliphatic rings. The number of hydrogen-bond donors (Lipinski definition) is 2. The molecule has 0 radical (unpaired) electrons. The second kappa shape index (κ2) is 12.2. The predicted molar refractivity (Wildman–Crippen MR) is 108 cm³/mol. The van der Waals surface area contributed by atoms with Gasteiger partial charge in [-0.25, -0.2) is 9.59 Å². The first kappa shape index (κ1) is 21.9. The molecule has 0 bridgehead atoms. The van der Waals surface area contributed by atoms with Gasteiger partial charge in [-0.2, -0.15) is 0 Å². The van der Waals surface area contributed by atoms with E-state index in [1.807, 2.05) is 36.4 Å². The Kier molecular flexibility index (Phi) is 9.21. The van der Waals surface area contributed by atoms with Crippen molar-refractivity contribution in [2.45, 2.75) is 38.8 Å². The Balaban J connectivity index is 1.53. The van der Waals surface area contributed by atoms with E-state index in [9.17, 15) is 14.4 Å². The van der Waals surface area contributed by atoms with E-state index < -0.39 is 18.1 Å². The first-order valence-electron chi connectivity index (χ1n) is 9.55. The number of nitrogens with one attached hydrogen (secondary N) is 2. The Labute approximate surface area is 170 Å². The van der Waals surface area contributed by atoms with Gasteiger partial charge in [0.15, 0.2) is 0 Å². The van der Waals surface area contributed by atoms with Gasteiger partial charge in [-0.3, -0.25) is 4.79 Å². The van der Waals surface area contributed by atoms with Crippen LogP contribution in [0.4, 0.5) is 4.79 Å². The lowest BCUT2D eigenvalue weighted by molar-refractivity contribution is -0.138. The number of alkyl carbamates (subject to hydrolysis) is 1. The van der Waals surface area contributed by atoms with Crippen LogP contribution >= 0.6 is 0 Å². The molecule has 0 heterocycles. The summed E-state index contributed by atoms with van der Waals surface area (Å²) in [5.74, 6) is -0.328. The van der Waals surface area contributed by atoms with E-state index in [0.717, 1.165) is 5.56 Å². The number of carbonyl (C=O) groups is 3. The average molecular weight is 398 g/mol. The van der Waals surface area contributed by atoms with Gasteiger partial charge in [0, 0.05) is 13.0 Å². The fourth-order valence-corrected chi connectivity index (χ4v) is 2.44. The second-order valence-corrected chi connectivity index (χ2v) is 6.47.